The number of H-pyrrole nitrogens is 1. The lowest BCUT2D eigenvalue weighted by Crippen LogP contribution is -2.13. The maximum absolute atomic E-state index is 12.1. The molecule has 10 nitrogen and oxygen atoms in total. The number of hydrogen-bond acceptors (Lipinski definition) is 8. The van der Waals surface area contributed by atoms with Gasteiger partial charge in [0.05, 0.1) is 25.3 Å². The zero-order valence-corrected chi connectivity index (χ0v) is 27.5. The second-order valence-corrected chi connectivity index (χ2v) is 12.1. The van der Waals surface area contributed by atoms with Gasteiger partial charge in [-0.05, 0) is 85.8 Å². The van der Waals surface area contributed by atoms with Crippen LogP contribution in [-0.2, 0) is 29.4 Å². The number of nitrogens with one attached hydrogen (secondary N) is 1. The molecule has 2 aliphatic rings. The highest BCUT2D eigenvalue weighted by molar-refractivity contribution is 5.93. The van der Waals surface area contributed by atoms with Gasteiger partial charge >= 0.3 is 11.9 Å². The van der Waals surface area contributed by atoms with Crippen LogP contribution in [0.1, 0.15) is 134 Å². The lowest BCUT2D eigenvalue weighted by Gasteiger charge is -2.28. The van der Waals surface area contributed by atoms with Gasteiger partial charge in [0.15, 0.2) is 11.6 Å². The van der Waals surface area contributed by atoms with Crippen molar-refractivity contribution in [3.05, 3.63) is 69.3 Å². The standard InChI is InChI=1S/C18H23N3O2.C17H21N3O2.2CH4/c1-5-16-19-20-17(21(16)3)15-10-13(18(22)23-4)11(2)9-14(15)12-7-6-8-12;1-4-15-18-16(20-19-15)14-9-12(17(21)22-3)10(2)8-13(14)11-6-5-7-11;;/h9-10,12H,5-8H2,1-4H3;8-9,11H,4-7H2,1-3H3,(H,18,19,20);2*1H4. The normalized spacial score (nSPS) is 14.0. The molecule has 0 aliphatic heterocycles. The predicted octanol–water partition coefficient (Wildman–Crippen LogP) is 8.08. The van der Waals surface area contributed by atoms with E-state index in [9.17, 15) is 9.59 Å². The molecule has 10 heteroatoms. The van der Waals surface area contributed by atoms with Crippen molar-refractivity contribution in [3.63, 3.8) is 0 Å². The van der Waals surface area contributed by atoms with Crippen LogP contribution in [0.2, 0.25) is 0 Å². The van der Waals surface area contributed by atoms with E-state index < -0.39 is 0 Å². The van der Waals surface area contributed by atoms with Crippen LogP contribution >= 0.6 is 0 Å². The van der Waals surface area contributed by atoms with Gasteiger partial charge < -0.3 is 14.0 Å². The fraction of sp³-hybridized carbons (Fsp3) is 0.514. The Balaban J connectivity index is 0.000000245. The van der Waals surface area contributed by atoms with Gasteiger partial charge in [-0.1, -0.05) is 53.7 Å². The molecule has 0 atom stereocenters. The van der Waals surface area contributed by atoms with Crippen LogP contribution in [0.15, 0.2) is 24.3 Å². The molecule has 0 saturated heterocycles. The highest BCUT2D eigenvalue weighted by atomic mass is 16.5. The molecule has 2 saturated carbocycles. The molecule has 4 aromatic rings. The number of hydrogen-bond donors (Lipinski definition) is 1. The summed E-state index contributed by atoms with van der Waals surface area (Å²) in [5.74, 6) is 3.78. The SMILES string of the molecule is C.C.CCc1nc(-c2cc(C(=O)OC)c(C)cc2C2CCC2)n[nH]1.CCc1nnc(-c2cc(C(=O)OC)c(C)cc2C2CCC2)n1C. The quantitative estimate of drug-likeness (QED) is 0.191. The molecular formula is C37H52N6O4. The number of ether oxygens (including phenoxy) is 2. The maximum Gasteiger partial charge on any atom is 0.338 e. The number of aromatic amines is 1. The summed E-state index contributed by atoms with van der Waals surface area (Å²) < 4.78 is 11.8. The number of rotatable bonds is 8. The summed E-state index contributed by atoms with van der Waals surface area (Å²) in [6, 6.07) is 8.05. The summed E-state index contributed by atoms with van der Waals surface area (Å²) in [5, 5.41) is 15.9. The Kier molecular flexibility index (Phi) is 12.6. The van der Waals surface area contributed by atoms with E-state index in [0.29, 0.717) is 28.8 Å². The number of benzene rings is 2. The van der Waals surface area contributed by atoms with Crippen molar-refractivity contribution in [2.24, 2.45) is 7.05 Å². The molecule has 0 radical (unpaired) electrons. The predicted molar refractivity (Wildman–Crippen MR) is 186 cm³/mol. The third-order valence-corrected chi connectivity index (χ3v) is 9.32. The molecule has 1 N–H and O–H groups in total. The zero-order chi connectivity index (χ0) is 32.2. The Morgan fingerprint density at radius 3 is 1.72 bits per heavy atom. The van der Waals surface area contributed by atoms with Crippen molar-refractivity contribution >= 4 is 11.9 Å². The number of esters is 2. The van der Waals surface area contributed by atoms with Crippen molar-refractivity contribution in [1.29, 1.82) is 0 Å². The van der Waals surface area contributed by atoms with Gasteiger partial charge in [0, 0.05) is 31.0 Å². The molecule has 6 rings (SSSR count). The number of methoxy groups -OCH3 is 2. The molecule has 2 fully saturated rings. The average Bonchev–Trinajstić information content (AvgIpc) is 3.61. The van der Waals surface area contributed by atoms with Crippen LogP contribution in [-0.4, -0.2) is 56.1 Å². The van der Waals surface area contributed by atoms with Gasteiger partial charge in [-0.2, -0.15) is 5.10 Å². The Morgan fingerprint density at radius 1 is 0.809 bits per heavy atom. The Bertz CT molecular complexity index is 1700. The number of nitrogens with zero attached hydrogens (tertiary/aromatic N) is 5. The molecule has 2 heterocycles. The van der Waals surface area contributed by atoms with E-state index in [0.717, 1.165) is 52.6 Å². The van der Waals surface area contributed by atoms with E-state index in [1.165, 1.54) is 63.9 Å². The average molecular weight is 645 g/mol. The topological polar surface area (TPSA) is 125 Å². The fourth-order valence-corrected chi connectivity index (χ4v) is 6.10. The summed E-state index contributed by atoms with van der Waals surface area (Å²) in [6.45, 7) is 8.02. The first-order valence-corrected chi connectivity index (χ1v) is 16.0. The summed E-state index contributed by atoms with van der Waals surface area (Å²) in [6.07, 6.45) is 8.94. The van der Waals surface area contributed by atoms with Gasteiger partial charge in [0.25, 0.3) is 0 Å². The summed E-state index contributed by atoms with van der Waals surface area (Å²) in [5.41, 5.74) is 7.58. The Hall–Kier alpha value is -4.34. The van der Waals surface area contributed by atoms with Crippen LogP contribution < -0.4 is 0 Å². The van der Waals surface area contributed by atoms with Crippen LogP contribution in [0, 0.1) is 13.8 Å². The van der Waals surface area contributed by atoms with E-state index in [4.69, 9.17) is 9.47 Å². The number of aryl methyl sites for hydroxylation is 4. The van der Waals surface area contributed by atoms with Gasteiger partial charge in [0.1, 0.15) is 11.6 Å². The van der Waals surface area contributed by atoms with Crippen molar-refractivity contribution in [2.75, 3.05) is 14.2 Å². The van der Waals surface area contributed by atoms with Gasteiger partial charge in [0.2, 0.25) is 0 Å². The van der Waals surface area contributed by atoms with Gasteiger partial charge in [-0.3, -0.25) is 5.10 Å². The molecule has 0 spiro atoms. The minimum atomic E-state index is -0.315. The first kappa shape index (κ1) is 37.1. The minimum Gasteiger partial charge on any atom is -0.465 e. The third kappa shape index (κ3) is 7.47. The molecule has 0 unspecified atom stereocenters. The molecular weight excluding hydrogens is 592 g/mol. The van der Waals surface area contributed by atoms with Gasteiger partial charge in [-0.15, -0.1) is 10.2 Å². The Morgan fingerprint density at radius 2 is 1.32 bits per heavy atom. The summed E-state index contributed by atoms with van der Waals surface area (Å²) >= 11 is 0. The monoisotopic (exact) mass is 644 g/mol. The fourth-order valence-electron chi connectivity index (χ4n) is 6.10. The molecule has 2 aromatic carbocycles. The van der Waals surface area contributed by atoms with Gasteiger partial charge in [-0.25, -0.2) is 14.6 Å². The number of carbonyl (C=O) groups excluding carboxylic acids is 2. The minimum absolute atomic E-state index is 0. The Labute approximate surface area is 279 Å². The lowest BCUT2D eigenvalue weighted by atomic mass is 9.77. The van der Waals surface area contributed by atoms with Crippen LogP contribution in [0.5, 0.6) is 0 Å². The first-order valence-electron chi connectivity index (χ1n) is 16.0. The molecule has 0 bridgehead atoms. The lowest BCUT2D eigenvalue weighted by molar-refractivity contribution is 0.0591. The maximum atomic E-state index is 12.1. The molecule has 0 amide bonds. The van der Waals surface area contributed by atoms with E-state index in [1.807, 2.05) is 44.5 Å². The summed E-state index contributed by atoms with van der Waals surface area (Å²) in [4.78, 5) is 28.6. The first-order chi connectivity index (χ1) is 21.7. The highest BCUT2D eigenvalue weighted by Gasteiger charge is 2.28. The second-order valence-electron chi connectivity index (χ2n) is 12.1. The summed E-state index contributed by atoms with van der Waals surface area (Å²) in [7, 11) is 4.80. The van der Waals surface area contributed by atoms with Crippen molar-refractivity contribution in [2.45, 2.75) is 106 Å². The van der Waals surface area contributed by atoms with Crippen LogP contribution in [0.3, 0.4) is 0 Å². The molecule has 2 aliphatic carbocycles. The highest BCUT2D eigenvalue weighted by Crippen LogP contribution is 2.43. The molecule has 47 heavy (non-hydrogen) atoms. The van der Waals surface area contributed by atoms with E-state index in [1.54, 1.807) is 0 Å². The van der Waals surface area contributed by atoms with Crippen LogP contribution in [0.4, 0.5) is 0 Å². The van der Waals surface area contributed by atoms with E-state index in [-0.39, 0.29) is 26.8 Å². The second kappa shape index (κ2) is 16.0. The molecule has 254 valence electrons. The third-order valence-electron chi connectivity index (χ3n) is 9.32. The number of carbonyl (C=O) groups is 2. The van der Waals surface area contributed by atoms with Crippen molar-refractivity contribution < 1.29 is 19.1 Å². The number of aromatic nitrogens is 6. The van der Waals surface area contributed by atoms with E-state index in [2.05, 4.69) is 44.4 Å². The largest absolute Gasteiger partial charge is 0.465 e. The van der Waals surface area contributed by atoms with Crippen molar-refractivity contribution in [1.82, 2.24) is 29.9 Å². The van der Waals surface area contributed by atoms with Crippen LogP contribution in [0.25, 0.3) is 22.8 Å². The molecule has 2 aromatic heterocycles. The zero-order valence-electron chi connectivity index (χ0n) is 27.5. The van der Waals surface area contributed by atoms with Crippen molar-refractivity contribution in [3.8, 4) is 22.8 Å². The van der Waals surface area contributed by atoms with E-state index >= 15 is 0 Å². The smallest absolute Gasteiger partial charge is 0.338 e.